The molecule has 0 aromatic heterocycles. The highest BCUT2D eigenvalue weighted by Crippen LogP contribution is 2.28. The lowest BCUT2D eigenvalue weighted by atomic mass is 9.99. The molecule has 0 aliphatic heterocycles. The molecule has 16 heavy (non-hydrogen) atoms. The predicted octanol–water partition coefficient (Wildman–Crippen LogP) is 3.78. The van der Waals surface area contributed by atoms with Gasteiger partial charge in [0.25, 0.3) is 0 Å². The lowest BCUT2D eigenvalue weighted by Crippen LogP contribution is -2.04. The molecular formula is C12H12Br2O2. The number of allylic oxidation sites excluding steroid dienone is 1. The number of hydrogen-bond acceptors (Lipinski definition) is 2. The zero-order valence-corrected chi connectivity index (χ0v) is 12.2. The first-order valence-electron chi connectivity index (χ1n) is 4.72. The molecule has 1 rings (SSSR count). The van der Waals surface area contributed by atoms with Gasteiger partial charge in [0, 0.05) is 14.5 Å². The van der Waals surface area contributed by atoms with Crippen LogP contribution in [0.1, 0.15) is 25.5 Å². The van der Waals surface area contributed by atoms with Crippen LogP contribution >= 0.6 is 31.9 Å². The largest absolute Gasteiger partial charge is 0.384 e. The van der Waals surface area contributed by atoms with Gasteiger partial charge in [-0.3, -0.25) is 4.79 Å². The van der Waals surface area contributed by atoms with Crippen LogP contribution < -0.4 is 0 Å². The molecule has 0 radical (unpaired) electrons. The third kappa shape index (κ3) is 3.27. The summed E-state index contributed by atoms with van der Waals surface area (Å²) >= 11 is 6.69. The van der Waals surface area contributed by atoms with Gasteiger partial charge >= 0.3 is 0 Å². The van der Waals surface area contributed by atoms with Crippen molar-refractivity contribution >= 4 is 38.1 Å². The van der Waals surface area contributed by atoms with Crippen LogP contribution in [0.5, 0.6) is 0 Å². The van der Waals surface area contributed by atoms with E-state index in [-0.39, 0.29) is 0 Å². The van der Waals surface area contributed by atoms with Crippen molar-refractivity contribution in [1.82, 2.24) is 0 Å². The van der Waals surface area contributed by atoms with Crippen molar-refractivity contribution in [2.75, 3.05) is 0 Å². The Morgan fingerprint density at radius 3 is 2.12 bits per heavy atom. The maximum atomic E-state index is 10.9. The van der Waals surface area contributed by atoms with Gasteiger partial charge in [-0.1, -0.05) is 37.4 Å². The molecule has 0 saturated heterocycles. The molecule has 2 nitrogen and oxygen atoms in total. The fourth-order valence-electron chi connectivity index (χ4n) is 1.37. The highest BCUT2D eigenvalue weighted by molar-refractivity contribution is 9.11. The summed E-state index contributed by atoms with van der Waals surface area (Å²) in [7, 11) is 0. The zero-order valence-electron chi connectivity index (χ0n) is 9.00. The molecule has 86 valence electrons. The summed E-state index contributed by atoms with van der Waals surface area (Å²) in [5, 5.41) is 10.1. The van der Waals surface area contributed by atoms with E-state index in [0.29, 0.717) is 17.4 Å². The van der Waals surface area contributed by atoms with Gasteiger partial charge in [-0.2, -0.15) is 0 Å². The van der Waals surface area contributed by atoms with Crippen LogP contribution in [0, 0.1) is 0 Å². The fraction of sp³-hybridized carbons (Fsp3) is 0.250. The average molecular weight is 348 g/mol. The van der Waals surface area contributed by atoms with E-state index in [1.165, 1.54) is 0 Å². The third-order valence-electron chi connectivity index (χ3n) is 2.20. The molecule has 0 bridgehead atoms. The molecule has 0 spiro atoms. The minimum Gasteiger partial charge on any atom is -0.384 e. The molecule has 1 N–H and O–H groups in total. The number of rotatable bonds is 3. The molecule has 0 amide bonds. The molecule has 1 atom stereocenters. The normalized spacial score (nSPS) is 12.1. The molecule has 1 aromatic rings. The first-order valence-corrected chi connectivity index (χ1v) is 6.31. The van der Waals surface area contributed by atoms with Crippen LogP contribution in [-0.4, -0.2) is 11.4 Å². The standard InChI is InChI=1S/C12H12Br2O2/c1-7(2)11(6-15)12(16)8-3-9(13)5-10(14)4-8/h3-6,12,16H,1-2H3/t12-/m0/s1. The highest BCUT2D eigenvalue weighted by atomic mass is 79.9. The van der Waals surface area contributed by atoms with Crippen molar-refractivity contribution in [3.63, 3.8) is 0 Å². The van der Waals surface area contributed by atoms with Crippen LogP contribution in [0.3, 0.4) is 0 Å². The van der Waals surface area contributed by atoms with Crippen molar-refractivity contribution in [2.45, 2.75) is 20.0 Å². The molecule has 4 heteroatoms. The predicted molar refractivity (Wildman–Crippen MR) is 71.2 cm³/mol. The van der Waals surface area contributed by atoms with E-state index < -0.39 is 6.10 Å². The summed E-state index contributed by atoms with van der Waals surface area (Å²) < 4.78 is 1.71. The second-order valence-corrected chi connectivity index (χ2v) is 5.51. The second kappa shape index (κ2) is 5.75. The van der Waals surface area contributed by atoms with Gasteiger partial charge in [-0.15, -0.1) is 0 Å². The Kier molecular flexibility index (Phi) is 4.89. The molecular weight excluding hydrogens is 336 g/mol. The van der Waals surface area contributed by atoms with Gasteiger partial charge in [-0.25, -0.2) is 0 Å². The van der Waals surface area contributed by atoms with Gasteiger partial charge in [-0.05, 0) is 37.6 Å². The molecule has 0 heterocycles. The summed E-state index contributed by atoms with van der Waals surface area (Å²) in [5.41, 5.74) is 1.91. The van der Waals surface area contributed by atoms with E-state index in [1.807, 2.05) is 6.07 Å². The van der Waals surface area contributed by atoms with Gasteiger partial charge in [0.15, 0.2) is 0 Å². The number of aldehydes is 1. The average Bonchev–Trinajstić information content (AvgIpc) is 2.16. The van der Waals surface area contributed by atoms with Crippen molar-refractivity contribution in [3.8, 4) is 0 Å². The van der Waals surface area contributed by atoms with Gasteiger partial charge in [0.05, 0.1) is 0 Å². The Balaban J connectivity index is 3.18. The van der Waals surface area contributed by atoms with Crippen LogP contribution in [0.2, 0.25) is 0 Å². The molecule has 1 aromatic carbocycles. The first-order chi connectivity index (χ1) is 7.45. The number of hydrogen-bond donors (Lipinski definition) is 1. The highest BCUT2D eigenvalue weighted by Gasteiger charge is 2.15. The van der Waals surface area contributed by atoms with Crippen LogP contribution in [0.15, 0.2) is 38.3 Å². The number of carbonyl (C=O) groups excluding carboxylic acids is 1. The van der Waals surface area contributed by atoms with Crippen LogP contribution in [0.4, 0.5) is 0 Å². The SMILES string of the molecule is CC(C)=C(C=O)[C@@H](O)c1cc(Br)cc(Br)c1. The van der Waals surface area contributed by atoms with Crippen molar-refractivity contribution < 1.29 is 9.90 Å². The van der Waals surface area contributed by atoms with E-state index in [4.69, 9.17) is 0 Å². The Morgan fingerprint density at radius 2 is 1.75 bits per heavy atom. The molecule has 0 fully saturated rings. The first kappa shape index (κ1) is 13.6. The summed E-state index contributed by atoms with van der Waals surface area (Å²) in [6.45, 7) is 3.61. The lowest BCUT2D eigenvalue weighted by Gasteiger charge is -2.13. The number of carbonyl (C=O) groups is 1. The van der Waals surface area contributed by atoms with E-state index in [2.05, 4.69) is 31.9 Å². The van der Waals surface area contributed by atoms with Crippen LogP contribution in [-0.2, 0) is 4.79 Å². The summed E-state index contributed by atoms with van der Waals surface area (Å²) in [5.74, 6) is 0. The van der Waals surface area contributed by atoms with E-state index >= 15 is 0 Å². The summed E-state index contributed by atoms with van der Waals surface area (Å²) in [6.07, 6.45) is -0.175. The molecule has 0 saturated carbocycles. The van der Waals surface area contributed by atoms with E-state index in [9.17, 15) is 9.90 Å². The minimum atomic E-state index is -0.878. The molecule has 0 unspecified atom stereocenters. The summed E-state index contributed by atoms with van der Waals surface area (Å²) in [4.78, 5) is 10.9. The fourth-order valence-corrected chi connectivity index (χ4v) is 2.70. The number of halogens is 2. The summed E-state index contributed by atoms with van der Waals surface area (Å²) in [6, 6.07) is 5.46. The third-order valence-corrected chi connectivity index (χ3v) is 3.12. The maximum Gasteiger partial charge on any atom is 0.148 e. The Hall–Kier alpha value is -0.450. The smallest absolute Gasteiger partial charge is 0.148 e. The Morgan fingerprint density at radius 1 is 1.25 bits per heavy atom. The van der Waals surface area contributed by atoms with Gasteiger partial charge < -0.3 is 5.11 Å². The van der Waals surface area contributed by atoms with Crippen molar-refractivity contribution in [3.05, 3.63) is 43.9 Å². The van der Waals surface area contributed by atoms with Crippen molar-refractivity contribution in [1.29, 1.82) is 0 Å². The second-order valence-electron chi connectivity index (χ2n) is 3.68. The number of benzene rings is 1. The van der Waals surface area contributed by atoms with Gasteiger partial charge in [0.2, 0.25) is 0 Å². The van der Waals surface area contributed by atoms with E-state index in [1.54, 1.807) is 26.0 Å². The van der Waals surface area contributed by atoms with Crippen molar-refractivity contribution in [2.24, 2.45) is 0 Å². The Bertz CT molecular complexity index is 414. The number of aliphatic hydroxyl groups excluding tert-OH is 1. The quantitative estimate of drug-likeness (QED) is 0.667. The Labute approximate surface area is 112 Å². The monoisotopic (exact) mass is 346 g/mol. The maximum absolute atomic E-state index is 10.9. The molecule has 0 aliphatic rings. The van der Waals surface area contributed by atoms with Crippen LogP contribution in [0.25, 0.3) is 0 Å². The molecule has 0 aliphatic carbocycles. The minimum absolute atomic E-state index is 0.407. The number of aliphatic hydroxyl groups is 1. The van der Waals surface area contributed by atoms with E-state index in [0.717, 1.165) is 14.5 Å². The lowest BCUT2D eigenvalue weighted by molar-refractivity contribution is -0.105. The topological polar surface area (TPSA) is 37.3 Å². The zero-order chi connectivity index (χ0) is 12.3. The van der Waals surface area contributed by atoms with Gasteiger partial charge in [0.1, 0.15) is 12.4 Å².